The molecule has 184 valence electrons. The lowest BCUT2D eigenvalue weighted by Gasteiger charge is -2.27. The van der Waals surface area contributed by atoms with Gasteiger partial charge in [-0.05, 0) is 48.2 Å². The second kappa shape index (κ2) is 13.6. The smallest absolute Gasteiger partial charge is 0.119 e. The summed E-state index contributed by atoms with van der Waals surface area (Å²) in [5, 5.41) is 29.7. The molecule has 2 aromatic rings. The molecular formula is C27H41NO5. The average molecular weight is 460 g/mol. The highest BCUT2D eigenvalue weighted by molar-refractivity contribution is 5.41. The Hall–Kier alpha value is -2.12. The van der Waals surface area contributed by atoms with Gasteiger partial charge in [-0.3, -0.25) is 4.90 Å². The molecule has 2 unspecified atom stereocenters. The number of methoxy groups -OCH3 is 1. The molecule has 0 saturated heterocycles. The van der Waals surface area contributed by atoms with Gasteiger partial charge in [0.25, 0.3) is 0 Å². The standard InChI is InChI=1S/C27H41NO5/c1-5-7-23(30)18-28(16-6-17-29)19-24(31)20-33-26-14-10-22(11-15-26)27(2,3)21-8-12-25(32-4)13-9-21/h8-15,23-24,29-31H,5-7,16-20H2,1-4H3. The molecule has 3 N–H and O–H groups in total. The molecule has 0 saturated carbocycles. The molecule has 0 heterocycles. The van der Waals surface area contributed by atoms with Gasteiger partial charge in [0.1, 0.15) is 24.2 Å². The zero-order valence-corrected chi connectivity index (χ0v) is 20.5. The van der Waals surface area contributed by atoms with Crippen molar-refractivity contribution in [2.24, 2.45) is 0 Å². The van der Waals surface area contributed by atoms with Gasteiger partial charge in [0, 0.05) is 31.7 Å². The summed E-state index contributed by atoms with van der Waals surface area (Å²) in [4.78, 5) is 1.99. The minimum Gasteiger partial charge on any atom is -0.497 e. The Bertz CT molecular complexity index is 791. The van der Waals surface area contributed by atoms with Crippen molar-refractivity contribution < 1.29 is 24.8 Å². The van der Waals surface area contributed by atoms with Crippen LogP contribution in [0.4, 0.5) is 0 Å². The summed E-state index contributed by atoms with van der Waals surface area (Å²) in [6.45, 7) is 8.16. The fraction of sp³-hybridized carbons (Fsp3) is 0.556. The summed E-state index contributed by atoms with van der Waals surface area (Å²) < 4.78 is 11.1. The fourth-order valence-corrected chi connectivity index (χ4v) is 3.96. The molecule has 0 spiro atoms. The van der Waals surface area contributed by atoms with Crippen LogP contribution in [-0.4, -0.2) is 72.4 Å². The lowest BCUT2D eigenvalue weighted by atomic mass is 9.78. The van der Waals surface area contributed by atoms with Crippen LogP contribution in [-0.2, 0) is 5.41 Å². The van der Waals surface area contributed by atoms with Crippen molar-refractivity contribution in [2.75, 3.05) is 40.0 Å². The Labute approximate surface area is 198 Å². The summed E-state index contributed by atoms with van der Waals surface area (Å²) in [6.07, 6.45) is 1.13. The predicted octanol–water partition coefficient (Wildman–Crippen LogP) is 3.61. The number of hydrogen-bond acceptors (Lipinski definition) is 6. The van der Waals surface area contributed by atoms with Crippen LogP contribution in [0.2, 0.25) is 0 Å². The maximum absolute atomic E-state index is 10.5. The van der Waals surface area contributed by atoms with E-state index in [1.54, 1.807) is 7.11 Å². The number of aliphatic hydroxyl groups is 3. The molecular weight excluding hydrogens is 418 g/mol. The minimum absolute atomic E-state index is 0.0895. The average Bonchev–Trinajstić information content (AvgIpc) is 2.81. The highest BCUT2D eigenvalue weighted by Gasteiger charge is 2.23. The molecule has 6 nitrogen and oxygen atoms in total. The van der Waals surface area contributed by atoms with Gasteiger partial charge >= 0.3 is 0 Å². The van der Waals surface area contributed by atoms with Crippen molar-refractivity contribution in [2.45, 2.75) is 57.7 Å². The second-order valence-electron chi connectivity index (χ2n) is 9.12. The van der Waals surface area contributed by atoms with Crippen molar-refractivity contribution >= 4 is 0 Å². The summed E-state index contributed by atoms with van der Waals surface area (Å²) in [5.41, 5.74) is 2.19. The fourth-order valence-electron chi connectivity index (χ4n) is 3.96. The Morgan fingerprint density at radius 3 is 1.94 bits per heavy atom. The van der Waals surface area contributed by atoms with E-state index >= 15 is 0 Å². The zero-order chi connectivity index (χ0) is 24.3. The first-order chi connectivity index (χ1) is 15.8. The van der Waals surface area contributed by atoms with E-state index in [4.69, 9.17) is 14.6 Å². The van der Waals surface area contributed by atoms with E-state index in [0.717, 1.165) is 18.6 Å². The second-order valence-corrected chi connectivity index (χ2v) is 9.12. The van der Waals surface area contributed by atoms with Gasteiger partial charge in [0.05, 0.1) is 13.2 Å². The number of aliphatic hydroxyl groups excluding tert-OH is 3. The van der Waals surface area contributed by atoms with Crippen molar-refractivity contribution in [3.63, 3.8) is 0 Å². The van der Waals surface area contributed by atoms with Crippen molar-refractivity contribution in [1.82, 2.24) is 4.90 Å². The van der Waals surface area contributed by atoms with Gasteiger partial charge in [-0.25, -0.2) is 0 Å². The van der Waals surface area contributed by atoms with Gasteiger partial charge < -0.3 is 24.8 Å². The maximum atomic E-state index is 10.5. The molecule has 33 heavy (non-hydrogen) atoms. The first kappa shape index (κ1) is 27.1. The SMILES string of the molecule is CCCC(O)CN(CCCO)CC(O)COc1ccc(C(C)(C)c2ccc(OC)cc2)cc1. The number of hydrogen-bond donors (Lipinski definition) is 3. The molecule has 0 aliphatic rings. The van der Waals surface area contributed by atoms with Crippen LogP contribution in [0.15, 0.2) is 48.5 Å². The van der Waals surface area contributed by atoms with Crippen LogP contribution < -0.4 is 9.47 Å². The predicted molar refractivity (Wildman–Crippen MR) is 132 cm³/mol. The van der Waals surface area contributed by atoms with Crippen molar-refractivity contribution in [3.05, 3.63) is 59.7 Å². The van der Waals surface area contributed by atoms with E-state index in [9.17, 15) is 10.2 Å². The Morgan fingerprint density at radius 2 is 1.42 bits per heavy atom. The zero-order valence-electron chi connectivity index (χ0n) is 20.5. The molecule has 0 amide bonds. The molecule has 0 aromatic heterocycles. The molecule has 0 bridgehead atoms. The largest absolute Gasteiger partial charge is 0.497 e. The first-order valence-electron chi connectivity index (χ1n) is 11.9. The Balaban J connectivity index is 1.92. The topological polar surface area (TPSA) is 82.4 Å². The molecule has 0 fully saturated rings. The molecule has 0 radical (unpaired) electrons. The number of benzene rings is 2. The molecule has 2 rings (SSSR count). The summed E-state index contributed by atoms with van der Waals surface area (Å²) in [7, 11) is 1.66. The van der Waals surface area contributed by atoms with Gasteiger partial charge in [-0.1, -0.05) is 51.5 Å². The molecule has 6 heteroatoms. The lowest BCUT2D eigenvalue weighted by molar-refractivity contribution is 0.0410. The van der Waals surface area contributed by atoms with Crippen LogP contribution in [0.5, 0.6) is 11.5 Å². The van der Waals surface area contributed by atoms with Gasteiger partial charge in [-0.15, -0.1) is 0 Å². The van der Waals surface area contributed by atoms with E-state index in [-0.39, 0.29) is 18.6 Å². The molecule has 0 aliphatic heterocycles. The Kier molecular flexibility index (Phi) is 11.1. The minimum atomic E-state index is -0.687. The first-order valence-corrected chi connectivity index (χ1v) is 11.9. The van der Waals surface area contributed by atoms with Crippen molar-refractivity contribution in [3.8, 4) is 11.5 Å². The van der Waals surface area contributed by atoms with Crippen LogP contribution in [0.3, 0.4) is 0 Å². The van der Waals surface area contributed by atoms with E-state index in [1.165, 1.54) is 11.1 Å². The third-order valence-corrected chi connectivity index (χ3v) is 6.02. The number of ether oxygens (including phenoxy) is 2. The summed E-state index contributed by atoms with van der Waals surface area (Å²) >= 11 is 0. The van der Waals surface area contributed by atoms with Gasteiger partial charge in [-0.2, -0.15) is 0 Å². The molecule has 2 aromatic carbocycles. The normalized spacial score (nSPS) is 13.7. The van der Waals surface area contributed by atoms with E-state index in [1.807, 2.05) is 36.1 Å². The third-order valence-electron chi connectivity index (χ3n) is 6.02. The summed E-state index contributed by atoms with van der Waals surface area (Å²) in [6, 6.07) is 16.1. The van der Waals surface area contributed by atoms with Crippen molar-refractivity contribution in [1.29, 1.82) is 0 Å². The van der Waals surface area contributed by atoms with Gasteiger partial charge in [0.2, 0.25) is 0 Å². The van der Waals surface area contributed by atoms with Crippen LogP contribution >= 0.6 is 0 Å². The van der Waals surface area contributed by atoms with E-state index < -0.39 is 12.2 Å². The van der Waals surface area contributed by atoms with E-state index in [2.05, 4.69) is 38.1 Å². The lowest BCUT2D eigenvalue weighted by Crippen LogP contribution is -2.40. The highest BCUT2D eigenvalue weighted by atomic mass is 16.5. The van der Waals surface area contributed by atoms with E-state index in [0.29, 0.717) is 31.8 Å². The monoisotopic (exact) mass is 459 g/mol. The quantitative estimate of drug-likeness (QED) is 0.378. The van der Waals surface area contributed by atoms with Crippen LogP contribution in [0.25, 0.3) is 0 Å². The van der Waals surface area contributed by atoms with Gasteiger partial charge in [0.15, 0.2) is 0 Å². The van der Waals surface area contributed by atoms with Crippen LogP contribution in [0.1, 0.15) is 51.2 Å². The maximum Gasteiger partial charge on any atom is 0.119 e. The summed E-state index contributed by atoms with van der Waals surface area (Å²) in [5.74, 6) is 1.54. The number of rotatable bonds is 15. The highest BCUT2D eigenvalue weighted by Crippen LogP contribution is 2.33. The number of nitrogens with zero attached hydrogens (tertiary/aromatic N) is 1. The Morgan fingerprint density at radius 1 is 0.879 bits per heavy atom. The third kappa shape index (κ3) is 8.63. The molecule has 0 aliphatic carbocycles. The van der Waals surface area contributed by atoms with Crippen LogP contribution in [0, 0.1) is 0 Å². The molecule has 2 atom stereocenters.